The summed E-state index contributed by atoms with van der Waals surface area (Å²) >= 11 is 0. The third kappa shape index (κ3) is 5.63. The first-order chi connectivity index (χ1) is 8.11. The molecule has 1 unspecified atom stereocenters. The molecule has 0 saturated heterocycles. The number of nitrogens with zero attached hydrogens (tertiary/aromatic N) is 2. The number of ether oxygens (including phenoxy) is 1. The molecule has 0 bridgehead atoms. The zero-order chi connectivity index (χ0) is 12.7. The van der Waals surface area contributed by atoms with Crippen LogP contribution in [0.25, 0.3) is 0 Å². The highest BCUT2D eigenvalue weighted by atomic mass is 16.5. The summed E-state index contributed by atoms with van der Waals surface area (Å²) in [5.41, 5.74) is 0.940. The summed E-state index contributed by atoms with van der Waals surface area (Å²) in [4.78, 5) is 0. The Kier molecular flexibility index (Phi) is 5.91. The summed E-state index contributed by atoms with van der Waals surface area (Å²) in [6.07, 6.45) is 1.21. The lowest BCUT2D eigenvalue weighted by Gasteiger charge is -2.15. The van der Waals surface area contributed by atoms with Crippen molar-refractivity contribution in [2.45, 2.75) is 46.8 Å². The molecule has 0 aliphatic carbocycles. The summed E-state index contributed by atoms with van der Waals surface area (Å²) in [6.45, 7) is 10.2. The lowest BCUT2D eigenvalue weighted by Crippen LogP contribution is -2.16. The monoisotopic (exact) mass is 237 g/mol. The first-order valence-electron chi connectivity index (χ1n) is 6.31. The fourth-order valence-corrected chi connectivity index (χ4v) is 1.68. The molecule has 1 N–H and O–H groups in total. The van der Waals surface area contributed by atoms with E-state index in [9.17, 15) is 0 Å². The minimum absolute atomic E-state index is 0.184. The van der Waals surface area contributed by atoms with Gasteiger partial charge >= 0.3 is 0 Å². The van der Waals surface area contributed by atoms with Crippen LogP contribution < -0.4 is 10.1 Å². The van der Waals surface area contributed by atoms with Crippen LogP contribution in [0.15, 0.2) is 12.1 Å². The molecule has 4 heteroatoms. The van der Waals surface area contributed by atoms with Crippen molar-refractivity contribution in [2.24, 2.45) is 5.92 Å². The Balaban J connectivity index is 2.44. The molecule has 4 nitrogen and oxygen atoms in total. The van der Waals surface area contributed by atoms with Crippen LogP contribution in [0.1, 0.15) is 39.8 Å². The molecule has 1 aromatic heterocycles. The highest BCUT2D eigenvalue weighted by Gasteiger charge is 2.07. The maximum absolute atomic E-state index is 5.69. The molecule has 0 aromatic carbocycles. The Morgan fingerprint density at radius 1 is 1.24 bits per heavy atom. The standard InChI is InChI=1S/C13H23N3O/c1-5-14-9-12-6-7-13(16-15-12)17-11(4)8-10(2)3/h6-7,10-11,14H,5,8-9H2,1-4H3. The van der Waals surface area contributed by atoms with Crippen molar-refractivity contribution in [1.29, 1.82) is 0 Å². The fraction of sp³-hybridized carbons (Fsp3) is 0.692. The van der Waals surface area contributed by atoms with Crippen molar-refractivity contribution in [2.75, 3.05) is 6.54 Å². The first-order valence-corrected chi connectivity index (χ1v) is 6.31. The topological polar surface area (TPSA) is 47.0 Å². The second-order valence-corrected chi connectivity index (χ2v) is 4.70. The Labute approximate surface area is 104 Å². The molecule has 1 heterocycles. The Morgan fingerprint density at radius 3 is 2.53 bits per heavy atom. The average Bonchev–Trinajstić information content (AvgIpc) is 2.27. The molecule has 0 aliphatic rings. The third-order valence-corrected chi connectivity index (χ3v) is 2.38. The van der Waals surface area contributed by atoms with Gasteiger partial charge in [0.2, 0.25) is 5.88 Å². The van der Waals surface area contributed by atoms with E-state index < -0.39 is 0 Å². The fourth-order valence-electron chi connectivity index (χ4n) is 1.68. The van der Waals surface area contributed by atoms with Crippen LogP contribution in [0, 0.1) is 5.92 Å². The number of hydrogen-bond donors (Lipinski definition) is 1. The maximum atomic E-state index is 5.69. The van der Waals surface area contributed by atoms with Crippen molar-refractivity contribution < 1.29 is 4.74 Å². The summed E-state index contributed by atoms with van der Waals surface area (Å²) in [5.74, 6) is 1.24. The summed E-state index contributed by atoms with van der Waals surface area (Å²) in [5, 5.41) is 11.4. The molecule has 0 aliphatic heterocycles. The molecule has 1 aromatic rings. The molecule has 0 radical (unpaired) electrons. The molecule has 0 saturated carbocycles. The van der Waals surface area contributed by atoms with Crippen LogP contribution >= 0.6 is 0 Å². The van der Waals surface area contributed by atoms with Gasteiger partial charge in [-0.15, -0.1) is 5.10 Å². The van der Waals surface area contributed by atoms with Gasteiger partial charge in [0.15, 0.2) is 0 Å². The molecule has 0 amide bonds. The van der Waals surface area contributed by atoms with Crippen molar-refractivity contribution in [1.82, 2.24) is 15.5 Å². The number of aromatic nitrogens is 2. The second-order valence-electron chi connectivity index (χ2n) is 4.70. The van der Waals surface area contributed by atoms with Gasteiger partial charge in [-0.2, -0.15) is 5.10 Å². The van der Waals surface area contributed by atoms with E-state index in [1.165, 1.54) is 0 Å². The zero-order valence-corrected chi connectivity index (χ0v) is 11.2. The minimum Gasteiger partial charge on any atom is -0.474 e. The minimum atomic E-state index is 0.184. The lowest BCUT2D eigenvalue weighted by molar-refractivity contribution is 0.183. The SMILES string of the molecule is CCNCc1ccc(OC(C)CC(C)C)nn1. The van der Waals surface area contributed by atoms with Crippen molar-refractivity contribution in [3.05, 3.63) is 17.8 Å². The molecule has 1 rings (SSSR count). The predicted octanol–water partition coefficient (Wildman–Crippen LogP) is 2.40. The zero-order valence-electron chi connectivity index (χ0n) is 11.2. The average molecular weight is 237 g/mol. The molecule has 17 heavy (non-hydrogen) atoms. The van der Waals surface area contributed by atoms with Crippen molar-refractivity contribution in [3.8, 4) is 5.88 Å². The van der Waals surface area contributed by atoms with Crippen molar-refractivity contribution >= 4 is 0 Å². The molecule has 0 spiro atoms. The van der Waals surface area contributed by atoms with Crippen LogP contribution in [-0.4, -0.2) is 22.8 Å². The number of hydrogen-bond acceptors (Lipinski definition) is 4. The molecule has 0 fully saturated rings. The van der Waals surface area contributed by atoms with E-state index in [-0.39, 0.29) is 6.10 Å². The van der Waals surface area contributed by atoms with Gasteiger partial charge in [-0.25, -0.2) is 0 Å². The smallest absolute Gasteiger partial charge is 0.233 e. The van der Waals surface area contributed by atoms with Gasteiger partial charge in [-0.05, 0) is 31.9 Å². The van der Waals surface area contributed by atoms with E-state index in [4.69, 9.17) is 4.74 Å². The van der Waals surface area contributed by atoms with E-state index in [0.717, 1.165) is 25.2 Å². The van der Waals surface area contributed by atoms with Gasteiger partial charge in [0, 0.05) is 12.6 Å². The first kappa shape index (κ1) is 13.9. The Hall–Kier alpha value is -1.16. The van der Waals surface area contributed by atoms with Gasteiger partial charge in [-0.1, -0.05) is 20.8 Å². The highest BCUT2D eigenvalue weighted by molar-refractivity contribution is 5.11. The Bertz CT molecular complexity index is 311. The molecular formula is C13H23N3O. The van der Waals surface area contributed by atoms with Crippen LogP contribution in [0.5, 0.6) is 5.88 Å². The second kappa shape index (κ2) is 7.22. The Morgan fingerprint density at radius 2 is 2.00 bits per heavy atom. The predicted molar refractivity (Wildman–Crippen MR) is 69.0 cm³/mol. The summed E-state index contributed by atoms with van der Waals surface area (Å²) in [7, 11) is 0. The molecule has 96 valence electrons. The van der Waals surface area contributed by atoms with Gasteiger partial charge < -0.3 is 10.1 Å². The van der Waals surface area contributed by atoms with Gasteiger partial charge in [0.05, 0.1) is 11.8 Å². The van der Waals surface area contributed by atoms with Gasteiger partial charge in [-0.3, -0.25) is 0 Å². The van der Waals surface area contributed by atoms with Gasteiger partial charge in [0.1, 0.15) is 0 Å². The van der Waals surface area contributed by atoms with Crippen LogP contribution in [0.3, 0.4) is 0 Å². The van der Waals surface area contributed by atoms with Crippen LogP contribution in [-0.2, 0) is 6.54 Å². The van der Waals surface area contributed by atoms with E-state index >= 15 is 0 Å². The van der Waals surface area contributed by atoms with E-state index in [0.29, 0.717) is 11.8 Å². The molecule has 1 atom stereocenters. The highest BCUT2D eigenvalue weighted by Crippen LogP contribution is 2.12. The van der Waals surface area contributed by atoms with E-state index in [1.54, 1.807) is 0 Å². The number of rotatable bonds is 7. The number of nitrogens with one attached hydrogen (secondary N) is 1. The van der Waals surface area contributed by atoms with Crippen LogP contribution in [0.4, 0.5) is 0 Å². The quantitative estimate of drug-likeness (QED) is 0.791. The molecular weight excluding hydrogens is 214 g/mol. The third-order valence-electron chi connectivity index (χ3n) is 2.38. The van der Waals surface area contributed by atoms with Crippen LogP contribution in [0.2, 0.25) is 0 Å². The van der Waals surface area contributed by atoms with E-state index in [2.05, 4.69) is 43.2 Å². The maximum Gasteiger partial charge on any atom is 0.233 e. The van der Waals surface area contributed by atoms with E-state index in [1.807, 2.05) is 12.1 Å². The lowest BCUT2D eigenvalue weighted by atomic mass is 10.1. The normalized spacial score (nSPS) is 12.8. The summed E-state index contributed by atoms with van der Waals surface area (Å²) in [6, 6.07) is 3.84. The summed E-state index contributed by atoms with van der Waals surface area (Å²) < 4.78 is 5.69. The van der Waals surface area contributed by atoms with Crippen molar-refractivity contribution in [3.63, 3.8) is 0 Å². The van der Waals surface area contributed by atoms with Gasteiger partial charge in [0.25, 0.3) is 0 Å². The largest absolute Gasteiger partial charge is 0.474 e.